The molecule has 0 radical (unpaired) electrons. The average molecular weight is 346 g/mol. The topological polar surface area (TPSA) is 72.5 Å². The fraction of sp³-hybridized carbons (Fsp3) is 0.143. The van der Waals surface area contributed by atoms with E-state index < -0.39 is 0 Å². The zero-order chi connectivity index (χ0) is 18.2. The van der Waals surface area contributed by atoms with Gasteiger partial charge in [0, 0.05) is 11.9 Å². The Bertz CT molecular complexity index is 861. The molecular weight excluding hydrogens is 324 g/mol. The summed E-state index contributed by atoms with van der Waals surface area (Å²) in [6.07, 6.45) is 3.45. The van der Waals surface area contributed by atoms with E-state index in [1.54, 1.807) is 13.3 Å². The largest absolute Gasteiger partial charge is 0.497 e. The fourth-order valence-corrected chi connectivity index (χ4v) is 2.61. The number of guanidine groups is 1. The van der Waals surface area contributed by atoms with Crippen LogP contribution in [0, 0.1) is 0 Å². The number of nitrogens with zero attached hydrogens (tertiary/aromatic N) is 2. The number of benzene rings is 2. The van der Waals surface area contributed by atoms with Crippen LogP contribution in [-0.4, -0.2) is 18.1 Å². The zero-order valence-electron chi connectivity index (χ0n) is 14.7. The number of methoxy groups -OCH3 is 1. The maximum atomic E-state index is 6.03. The molecule has 0 unspecified atom stereocenters. The lowest BCUT2D eigenvalue weighted by molar-refractivity contribution is 0.414. The first-order chi connectivity index (χ1) is 12.7. The molecule has 0 aliphatic heterocycles. The van der Waals surface area contributed by atoms with Crippen LogP contribution in [0.3, 0.4) is 0 Å². The fourth-order valence-electron chi connectivity index (χ4n) is 2.61. The van der Waals surface area contributed by atoms with E-state index >= 15 is 0 Å². The van der Waals surface area contributed by atoms with Crippen molar-refractivity contribution in [1.29, 1.82) is 0 Å². The molecule has 0 saturated carbocycles. The van der Waals surface area contributed by atoms with Crippen molar-refractivity contribution in [3.8, 4) is 5.75 Å². The maximum Gasteiger partial charge on any atom is 0.199 e. The molecule has 0 atom stereocenters. The molecule has 5 heteroatoms. The summed E-state index contributed by atoms with van der Waals surface area (Å²) in [5.74, 6) is 1.82. The number of para-hydroxylation sites is 1. The summed E-state index contributed by atoms with van der Waals surface area (Å²) in [6.45, 7) is 0. The Hall–Kier alpha value is -3.34. The van der Waals surface area contributed by atoms with Crippen LogP contribution in [0.25, 0.3) is 0 Å². The van der Waals surface area contributed by atoms with Gasteiger partial charge in [0.2, 0.25) is 0 Å². The van der Waals surface area contributed by atoms with E-state index in [0.717, 1.165) is 29.8 Å². The van der Waals surface area contributed by atoms with Gasteiger partial charge in [-0.15, -0.1) is 0 Å². The number of nitrogens with one attached hydrogen (secondary N) is 1. The molecule has 0 fully saturated rings. The van der Waals surface area contributed by atoms with Crippen LogP contribution >= 0.6 is 0 Å². The first kappa shape index (κ1) is 17.5. The number of aromatic nitrogens is 1. The molecule has 0 saturated heterocycles. The van der Waals surface area contributed by atoms with Gasteiger partial charge in [0.15, 0.2) is 11.8 Å². The Morgan fingerprint density at radius 1 is 1.00 bits per heavy atom. The van der Waals surface area contributed by atoms with Gasteiger partial charge in [-0.1, -0.05) is 36.4 Å². The normalized spacial score (nSPS) is 11.2. The van der Waals surface area contributed by atoms with Crippen LogP contribution in [0.4, 0.5) is 11.5 Å². The summed E-state index contributed by atoms with van der Waals surface area (Å²) < 4.78 is 5.20. The Kier molecular flexibility index (Phi) is 5.83. The number of aliphatic imine (C=N–C) groups is 1. The third kappa shape index (κ3) is 4.83. The third-order valence-electron chi connectivity index (χ3n) is 3.98. The van der Waals surface area contributed by atoms with Gasteiger partial charge in [-0.05, 0) is 54.3 Å². The lowest BCUT2D eigenvalue weighted by Gasteiger charge is -2.08. The molecular formula is C21H22N4O. The van der Waals surface area contributed by atoms with E-state index in [2.05, 4.69) is 27.4 Å². The zero-order valence-corrected chi connectivity index (χ0v) is 14.7. The summed E-state index contributed by atoms with van der Waals surface area (Å²) in [7, 11) is 1.67. The highest BCUT2D eigenvalue weighted by Crippen LogP contribution is 2.19. The number of hydrogen-bond donors (Lipinski definition) is 2. The monoisotopic (exact) mass is 346 g/mol. The third-order valence-corrected chi connectivity index (χ3v) is 3.98. The van der Waals surface area contributed by atoms with Gasteiger partial charge in [-0.2, -0.15) is 4.99 Å². The van der Waals surface area contributed by atoms with Gasteiger partial charge in [-0.3, -0.25) is 0 Å². The van der Waals surface area contributed by atoms with E-state index in [4.69, 9.17) is 10.5 Å². The molecule has 0 bridgehead atoms. The minimum absolute atomic E-state index is 0.320. The first-order valence-corrected chi connectivity index (χ1v) is 8.47. The van der Waals surface area contributed by atoms with Gasteiger partial charge < -0.3 is 15.8 Å². The van der Waals surface area contributed by atoms with Crippen molar-refractivity contribution in [3.05, 3.63) is 84.1 Å². The average Bonchev–Trinajstić information content (AvgIpc) is 2.68. The highest BCUT2D eigenvalue weighted by molar-refractivity contribution is 5.93. The number of nitrogens with two attached hydrogens (primary N) is 1. The number of anilines is 1. The van der Waals surface area contributed by atoms with Crippen molar-refractivity contribution in [2.24, 2.45) is 10.7 Å². The van der Waals surface area contributed by atoms with E-state index in [1.807, 2.05) is 54.6 Å². The maximum absolute atomic E-state index is 6.03. The smallest absolute Gasteiger partial charge is 0.199 e. The predicted molar refractivity (Wildman–Crippen MR) is 106 cm³/mol. The summed E-state index contributed by atoms with van der Waals surface area (Å²) in [5, 5.41) is 3.08. The van der Waals surface area contributed by atoms with Crippen molar-refractivity contribution in [1.82, 2.24) is 4.98 Å². The van der Waals surface area contributed by atoms with Gasteiger partial charge in [0.05, 0.1) is 7.11 Å². The van der Waals surface area contributed by atoms with Gasteiger partial charge >= 0.3 is 0 Å². The van der Waals surface area contributed by atoms with Gasteiger partial charge in [0.25, 0.3) is 0 Å². The lowest BCUT2D eigenvalue weighted by Crippen LogP contribution is -2.22. The number of rotatable bonds is 6. The second kappa shape index (κ2) is 8.67. The Labute approximate surface area is 153 Å². The molecule has 0 aliphatic carbocycles. The van der Waals surface area contributed by atoms with Crippen LogP contribution in [0.5, 0.6) is 5.75 Å². The molecule has 5 nitrogen and oxygen atoms in total. The van der Waals surface area contributed by atoms with Gasteiger partial charge in [-0.25, -0.2) is 4.98 Å². The van der Waals surface area contributed by atoms with Crippen molar-refractivity contribution >= 4 is 17.5 Å². The summed E-state index contributed by atoms with van der Waals surface area (Å²) >= 11 is 0. The first-order valence-electron chi connectivity index (χ1n) is 8.47. The van der Waals surface area contributed by atoms with Crippen LogP contribution < -0.4 is 15.8 Å². The predicted octanol–water partition coefficient (Wildman–Crippen LogP) is 3.93. The molecule has 132 valence electrons. The van der Waals surface area contributed by atoms with Crippen molar-refractivity contribution in [3.63, 3.8) is 0 Å². The minimum atomic E-state index is 0.320. The standard InChI is InChI=1S/C21H22N4O/c1-26-19-13-10-16(11-14-19)9-12-17-6-5-15-23-20(17)25-21(22)24-18-7-3-2-4-8-18/h2-8,10-11,13-15H,9,12H2,1H3,(H3,22,23,24,25). The number of pyridine rings is 1. The molecule has 3 rings (SSSR count). The second-order valence-corrected chi connectivity index (χ2v) is 5.82. The number of aryl methyl sites for hydroxylation is 2. The van der Waals surface area contributed by atoms with Crippen LogP contribution in [0.15, 0.2) is 77.9 Å². The molecule has 26 heavy (non-hydrogen) atoms. The Morgan fingerprint density at radius 3 is 2.50 bits per heavy atom. The summed E-state index contributed by atoms with van der Waals surface area (Å²) in [4.78, 5) is 8.82. The highest BCUT2D eigenvalue weighted by Gasteiger charge is 2.05. The Balaban J connectivity index is 1.69. The minimum Gasteiger partial charge on any atom is -0.497 e. The van der Waals surface area contributed by atoms with Crippen molar-refractivity contribution < 1.29 is 4.74 Å². The van der Waals surface area contributed by atoms with Gasteiger partial charge in [0.1, 0.15) is 5.75 Å². The molecule has 3 N–H and O–H groups in total. The Morgan fingerprint density at radius 2 is 1.77 bits per heavy atom. The summed E-state index contributed by atoms with van der Waals surface area (Å²) in [6, 6.07) is 21.7. The lowest BCUT2D eigenvalue weighted by atomic mass is 10.0. The molecule has 3 aromatic rings. The van der Waals surface area contributed by atoms with E-state index in [1.165, 1.54) is 5.56 Å². The van der Waals surface area contributed by atoms with Crippen LogP contribution in [0.2, 0.25) is 0 Å². The van der Waals surface area contributed by atoms with Crippen molar-refractivity contribution in [2.45, 2.75) is 12.8 Å². The molecule has 1 heterocycles. The van der Waals surface area contributed by atoms with E-state index in [9.17, 15) is 0 Å². The van der Waals surface area contributed by atoms with Crippen LogP contribution in [-0.2, 0) is 12.8 Å². The summed E-state index contributed by atoms with van der Waals surface area (Å²) in [5.41, 5.74) is 9.22. The number of ether oxygens (including phenoxy) is 1. The van der Waals surface area contributed by atoms with Crippen molar-refractivity contribution in [2.75, 3.05) is 12.4 Å². The van der Waals surface area contributed by atoms with Crippen LogP contribution in [0.1, 0.15) is 11.1 Å². The van der Waals surface area contributed by atoms with E-state index in [0.29, 0.717) is 11.8 Å². The SMILES string of the molecule is COc1ccc(CCc2cccnc2N=C(N)Nc2ccccc2)cc1. The molecule has 1 aromatic heterocycles. The molecule has 2 aromatic carbocycles. The second-order valence-electron chi connectivity index (χ2n) is 5.82. The number of hydrogen-bond acceptors (Lipinski definition) is 3. The molecule has 0 amide bonds. The highest BCUT2D eigenvalue weighted by atomic mass is 16.5. The molecule has 0 spiro atoms. The molecule has 0 aliphatic rings. The van der Waals surface area contributed by atoms with E-state index in [-0.39, 0.29) is 0 Å². The quantitative estimate of drug-likeness (QED) is 0.524.